The van der Waals surface area contributed by atoms with Crippen LogP contribution in [0.2, 0.25) is 0 Å². The molecule has 122 valence electrons. The number of ether oxygens (including phenoxy) is 1. The lowest BCUT2D eigenvalue weighted by molar-refractivity contribution is 0.0478. The topological polar surface area (TPSA) is 56.3 Å². The third-order valence-electron chi connectivity index (χ3n) is 3.50. The summed E-state index contributed by atoms with van der Waals surface area (Å²) >= 11 is 1.28. The predicted molar refractivity (Wildman–Crippen MR) is 91.3 cm³/mol. The van der Waals surface area contributed by atoms with Gasteiger partial charge in [-0.05, 0) is 24.8 Å². The summed E-state index contributed by atoms with van der Waals surface area (Å²) in [5, 5.41) is 0.804. The quantitative estimate of drug-likeness (QED) is 0.625. The molecule has 0 bridgehead atoms. The molecule has 1 aromatic carbocycles. The van der Waals surface area contributed by atoms with Crippen molar-refractivity contribution in [1.29, 1.82) is 0 Å². The van der Waals surface area contributed by atoms with E-state index >= 15 is 0 Å². The van der Waals surface area contributed by atoms with Gasteiger partial charge in [-0.3, -0.25) is 4.79 Å². The van der Waals surface area contributed by atoms with Gasteiger partial charge in [-0.1, -0.05) is 45.0 Å². The van der Waals surface area contributed by atoms with E-state index < -0.39 is 5.97 Å². The van der Waals surface area contributed by atoms with Gasteiger partial charge < -0.3 is 4.74 Å². The molecular weight excluding hydrogens is 310 g/mol. The Hall–Kier alpha value is -2.01. The molecule has 2 rings (SSSR count). The summed E-state index contributed by atoms with van der Waals surface area (Å²) in [6, 6.07) is 7.43. The summed E-state index contributed by atoms with van der Waals surface area (Å²) in [6.07, 6.45) is 0. The van der Waals surface area contributed by atoms with Gasteiger partial charge in [-0.15, -0.1) is 11.3 Å². The van der Waals surface area contributed by atoms with Crippen molar-refractivity contribution in [3.63, 3.8) is 0 Å². The number of carbonyl (C=O) groups is 2. The summed E-state index contributed by atoms with van der Waals surface area (Å²) in [4.78, 5) is 28.8. The number of carbonyl (C=O) groups excluding carboxylic acids is 2. The van der Waals surface area contributed by atoms with Crippen molar-refractivity contribution in [3.8, 4) is 0 Å². The zero-order valence-corrected chi connectivity index (χ0v) is 14.9. The predicted octanol–water partition coefficient (Wildman–Crippen LogP) is 4.10. The molecule has 0 aliphatic carbocycles. The molecule has 0 unspecified atom stereocenters. The Morgan fingerprint density at radius 2 is 1.74 bits per heavy atom. The van der Waals surface area contributed by atoms with Crippen molar-refractivity contribution < 1.29 is 14.3 Å². The van der Waals surface area contributed by atoms with Crippen LogP contribution in [0.15, 0.2) is 24.3 Å². The van der Waals surface area contributed by atoms with E-state index in [0.717, 1.165) is 10.6 Å². The van der Waals surface area contributed by atoms with Crippen molar-refractivity contribution in [2.45, 2.75) is 40.0 Å². The van der Waals surface area contributed by atoms with Crippen molar-refractivity contribution in [2.24, 2.45) is 0 Å². The van der Waals surface area contributed by atoms with Gasteiger partial charge in [0.15, 0.2) is 12.4 Å². The first-order valence-corrected chi connectivity index (χ1v) is 8.25. The maximum Gasteiger partial charge on any atom is 0.350 e. The summed E-state index contributed by atoms with van der Waals surface area (Å²) in [7, 11) is 0. The van der Waals surface area contributed by atoms with Gasteiger partial charge in [0.25, 0.3) is 0 Å². The highest BCUT2D eigenvalue weighted by molar-refractivity contribution is 7.13. The Morgan fingerprint density at radius 3 is 2.22 bits per heavy atom. The maximum absolute atomic E-state index is 12.1. The molecule has 0 aliphatic heterocycles. The summed E-state index contributed by atoms with van der Waals surface area (Å²) in [5.41, 5.74) is 2.37. The monoisotopic (exact) mass is 331 g/mol. The Balaban J connectivity index is 2.00. The largest absolute Gasteiger partial charge is 0.453 e. The normalized spacial score (nSPS) is 11.3. The summed E-state index contributed by atoms with van der Waals surface area (Å²) in [5.74, 6) is -0.703. The molecule has 1 aromatic heterocycles. The fourth-order valence-electron chi connectivity index (χ4n) is 2.16. The van der Waals surface area contributed by atoms with Gasteiger partial charge in [0.2, 0.25) is 0 Å². The first kappa shape index (κ1) is 17.3. The minimum atomic E-state index is -0.493. The first-order chi connectivity index (χ1) is 10.7. The Kier molecular flexibility index (Phi) is 5.00. The van der Waals surface area contributed by atoms with E-state index in [1.165, 1.54) is 11.3 Å². The maximum atomic E-state index is 12.1. The van der Waals surface area contributed by atoms with Gasteiger partial charge in [-0.2, -0.15) is 0 Å². The van der Waals surface area contributed by atoms with E-state index in [0.29, 0.717) is 16.1 Å². The molecule has 0 radical (unpaired) electrons. The molecule has 4 nitrogen and oxygen atoms in total. The summed E-state index contributed by atoms with van der Waals surface area (Å²) in [6.45, 7) is 9.68. The molecule has 0 saturated heterocycles. The Labute approximate surface area is 140 Å². The van der Waals surface area contributed by atoms with Crippen LogP contribution in [0.25, 0.3) is 0 Å². The molecule has 0 spiro atoms. The fraction of sp³-hybridized carbons (Fsp3) is 0.389. The van der Waals surface area contributed by atoms with Crippen LogP contribution < -0.4 is 0 Å². The average molecular weight is 331 g/mol. The van der Waals surface area contributed by atoms with Crippen LogP contribution in [-0.4, -0.2) is 23.3 Å². The number of benzene rings is 1. The van der Waals surface area contributed by atoms with Crippen molar-refractivity contribution in [3.05, 3.63) is 51.0 Å². The first-order valence-electron chi connectivity index (χ1n) is 7.43. The number of esters is 1. The number of hydrogen-bond acceptors (Lipinski definition) is 5. The van der Waals surface area contributed by atoms with Gasteiger partial charge in [0.05, 0.1) is 10.7 Å². The number of hydrogen-bond donors (Lipinski definition) is 0. The number of ketones is 1. The van der Waals surface area contributed by atoms with Gasteiger partial charge in [0, 0.05) is 5.56 Å². The molecule has 23 heavy (non-hydrogen) atoms. The minimum absolute atomic E-state index is 0.0373. The molecule has 0 saturated carbocycles. The number of rotatable bonds is 4. The van der Waals surface area contributed by atoms with Crippen LogP contribution in [0, 0.1) is 13.8 Å². The third kappa shape index (κ3) is 4.26. The average Bonchev–Trinajstić information content (AvgIpc) is 2.82. The van der Waals surface area contributed by atoms with E-state index in [1.807, 2.05) is 19.1 Å². The van der Waals surface area contributed by atoms with Crippen molar-refractivity contribution in [1.82, 2.24) is 4.98 Å². The van der Waals surface area contributed by atoms with E-state index in [-0.39, 0.29) is 17.8 Å². The van der Waals surface area contributed by atoms with Gasteiger partial charge >= 0.3 is 5.97 Å². The number of aromatic nitrogens is 1. The smallest absolute Gasteiger partial charge is 0.350 e. The number of aryl methyl sites for hydroxylation is 2. The van der Waals surface area contributed by atoms with Crippen LogP contribution >= 0.6 is 11.3 Å². The number of nitrogens with zero attached hydrogens (tertiary/aromatic N) is 1. The second kappa shape index (κ2) is 6.62. The lowest BCUT2D eigenvalue weighted by atomic mass is 9.86. The minimum Gasteiger partial charge on any atom is -0.453 e. The van der Waals surface area contributed by atoms with Crippen LogP contribution in [0.3, 0.4) is 0 Å². The molecule has 0 atom stereocenters. The van der Waals surface area contributed by atoms with Crippen LogP contribution in [-0.2, 0) is 10.2 Å². The molecular formula is C18H21NO3S. The van der Waals surface area contributed by atoms with E-state index in [9.17, 15) is 9.59 Å². The SMILES string of the molecule is Cc1nc(C)c(C(=O)OCC(=O)c2ccc(C(C)(C)C)cc2)s1. The molecule has 2 aromatic rings. The highest BCUT2D eigenvalue weighted by Gasteiger charge is 2.18. The standard InChI is InChI=1S/C18H21NO3S/c1-11-16(23-12(2)19-11)17(21)22-10-15(20)13-6-8-14(9-7-13)18(3,4)5/h6-9H,10H2,1-5H3. The Bertz CT molecular complexity index is 724. The fourth-order valence-corrected chi connectivity index (χ4v) is 2.97. The number of Topliss-reactive ketones (excluding diaryl/α,β-unsaturated/α-hetero) is 1. The second-order valence-corrected chi connectivity index (χ2v) is 7.68. The molecule has 5 heteroatoms. The lowest BCUT2D eigenvalue weighted by Gasteiger charge is -2.18. The van der Waals surface area contributed by atoms with E-state index in [2.05, 4.69) is 25.8 Å². The van der Waals surface area contributed by atoms with Gasteiger partial charge in [-0.25, -0.2) is 9.78 Å². The van der Waals surface area contributed by atoms with Crippen molar-refractivity contribution in [2.75, 3.05) is 6.61 Å². The highest BCUT2D eigenvalue weighted by Crippen LogP contribution is 2.22. The molecule has 0 amide bonds. The lowest BCUT2D eigenvalue weighted by Crippen LogP contribution is -2.15. The van der Waals surface area contributed by atoms with E-state index in [1.54, 1.807) is 19.1 Å². The zero-order chi connectivity index (χ0) is 17.2. The highest BCUT2D eigenvalue weighted by atomic mass is 32.1. The molecule has 0 fully saturated rings. The number of thiazole rings is 1. The third-order valence-corrected chi connectivity index (χ3v) is 4.55. The van der Waals surface area contributed by atoms with Gasteiger partial charge in [0.1, 0.15) is 4.88 Å². The second-order valence-electron chi connectivity index (χ2n) is 6.47. The molecule has 1 heterocycles. The zero-order valence-electron chi connectivity index (χ0n) is 14.1. The van der Waals surface area contributed by atoms with Crippen LogP contribution in [0.1, 0.15) is 57.1 Å². The molecule has 0 aliphatic rings. The van der Waals surface area contributed by atoms with Crippen molar-refractivity contribution >= 4 is 23.1 Å². The van der Waals surface area contributed by atoms with Crippen LogP contribution in [0.5, 0.6) is 0 Å². The Morgan fingerprint density at radius 1 is 1.13 bits per heavy atom. The molecule has 0 N–H and O–H groups in total. The van der Waals surface area contributed by atoms with E-state index in [4.69, 9.17) is 4.74 Å². The summed E-state index contributed by atoms with van der Waals surface area (Å²) < 4.78 is 5.12. The van der Waals surface area contributed by atoms with Crippen LogP contribution in [0.4, 0.5) is 0 Å².